The summed E-state index contributed by atoms with van der Waals surface area (Å²) >= 11 is 4.39. The van der Waals surface area contributed by atoms with E-state index < -0.39 is 0 Å². The van der Waals surface area contributed by atoms with Gasteiger partial charge in [0, 0.05) is 9.75 Å². The highest BCUT2D eigenvalue weighted by atomic mass is 32.2. The number of benzene rings is 1. The molecule has 0 aliphatic heterocycles. The van der Waals surface area contributed by atoms with Gasteiger partial charge in [-0.1, -0.05) is 11.8 Å². The van der Waals surface area contributed by atoms with E-state index in [1.54, 1.807) is 33.5 Å². The topological polar surface area (TPSA) is 85.6 Å². The number of fused-ring (bicyclic) bond motifs is 3. The molecule has 180 valence electrons. The molecule has 0 unspecified atom stereocenters. The zero-order chi connectivity index (χ0) is 24.4. The minimum Gasteiger partial charge on any atom is -0.494 e. The first-order chi connectivity index (χ1) is 17.0. The number of aromatic nitrogens is 2. The fourth-order valence-corrected chi connectivity index (χ4v) is 6.94. The van der Waals surface area contributed by atoms with Crippen LogP contribution in [0, 0.1) is 6.92 Å². The number of aryl methyl sites for hydroxylation is 3. The Hall–Kier alpha value is -2.95. The molecule has 0 fully saturated rings. The van der Waals surface area contributed by atoms with Gasteiger partial charge in [-0.2, -0.15) is 5.10 Å². The first kappa shape index (κ1) is 23.8. The molecule has 1 aliphatic rings. The summed E-state index contributed by atoms with van der Waals surface area (Å²) in [5, 5.41) is 7.25. The summed E-state index contributed by atoms with van der Waals surface area (Å²) in [7, 11) is 0. The number of carbonyl (C=O) groups is 1. The van der Waals surface area contributed by atoms with Crippen molar-refractivity contribution in [3.8, 4) is 11.4 Å². The van der Waals surface area contributed by atoms with E-state index >= 15 is 0 Å². The number of carbonyl (C=O) groups excluding carboxylic acids is 1. The number of thioether (sulfide) groups is 1. The number of hydrazone groups is 1. The molecule has 0 radical (unpaired) electrons. The molecular weight excluding hydrogens is 501 g/mol. The summed E-state index contributed by atoms with van der Waals surface area (Å²) in [4.78, 5) is 34.0. The van der Waals surface area contributed by atoms with Crippen molar-refractivity contribution < 1.29 is 9.53 Å². The predicted molar refractivity (Wildman–Crippen MR) is 144 cm³/mol. The van der Waals surface area contributed by atoms with E-state index in [0.717, 1.165) is 45.8 Å². The van der Waals surface area contributed by atoms with Crippen molar-refractivity contribution in [3.05, 3.63) is 66.9 Å². The highest BCUT2D eigenvalue weighted by molar-refractivity contribution is 7.99. The Kier molecular flexibility index (Phi) is 7.03. The van der Waals surface area contributed by atoms with Crippen LogP contribution < -0.4 is 15.7 Å². The maximum atomic E-state index is 13.7. The van der Waals surface area contributed by atoms with Crippen molar-refractivity contribution in [1.29, 1.82) is 0 Å². The number of ether oxygens (including phenoxy) is 1. The number of nitrogens with zero attached hydrogens (tertiary/aromatic N) is 3. The Balaban J connectivity index is 1.44. The molecule has 4 aromatic rings. The number of nitrogens with one attached hydrogen (secondary N) is 1. The molecule has 1 aliphatic carbocycles. The van der Waals surface area contributed by atoms with Crippen molar-refractivity contribution in [1.82, 2.24) is 15.0 Å². The average molecular weight is 525 g/mol. The van der Waals surface area contributed by atoms with Crippen LogP contribution in [0.15, 0.2) is 50.8 Å². The lowest BCUT2D eigenvalue weighted by Gasteiger charge is -2.13. The SMILES string of the molecule is CCOc1ccc(-n2c(SCC(=O)NN=Cc3sccc3C)nc3sc4c(c3c2=O)CCC4)cc1. The molecule has 5 rings (SSSR count). The maximum Gasteiger partial charge on any atom is 0.267 e. The van der Waals surface area contributed by atoms with Crippen LogP contribution in [0.1, 0.15) is 34.2 Å². The standard InChI is InChI=1S/C25H24N4O3S3/c1-3-32-17-9-7-16(8-10-17)29-24(31)22-18-5-4-6-19(18)35-23(22)27-25(29)34-14-21(30)28-26-13-20-15(2)11-12-33-20/h7-13H,3-6,14H2,1-2H3,(H,28,30). The van der Waals surface area contributed by atoms with Gasteiger partial charge >= 0.3 is 0 Å². The zero-order valence-electron chi connectivity index (χ0n) is 19.4. The summed E-state index contributed by atoms with van der Waals surface area (Å²) < 4.78 is 7.16. The van der Waals surface area contributed by atoms with Crippen molar-refractivity contribution in [2.45, 2.75) is 38.3 Å². The second-order valence-electron chi connectivity index (χ2n) is 8.05. The van der Waals surface area contributed by atoms with Crippen LogP contribution in [0.3, 0.4) is 0 Å². The number of amides is 1. The van der Waals surface area contributed by atoms with Gasteiger partial charge in [-0.05, 0) is 79.9 Å². The van der Waals surface area contributed by atoms with Crippen LogP contribution >= 0.6 is 34.4 Å². The third-order valence-corrected chi connectivity index (χ3v) is 8.80. The van der Waals surface area contributed by atoms with Crippen molar-refractivity contribution in [3.63, 3.8) is 0 Å². The van der Waals surface area contributed by atoms with Gasteiger partial charge in [-0.25, -0.2) is 10.4 Å². The molecule has 1 aromatic carbocycles. The number of hydrogen-bond acceptors (Lipinski definition) is 8. The zero-order valence-corrected chi connectivity index (χ0v) is 21.8. The lowest BCUT2D eigenvalue weighted by molar-refractivity contribution is -0.118. The number of thiophene rings is 2. The Morgan fingerprint density at radius 3 is 2.86 bits per heavy atom. The molecule has 0 saturated carbocycles. The Bertz CT molecular complexity index is 1470. The highest BCUT2D eigenvalue weighted by Gasteiger charge is 2.24. The second kappa shape index (κ2) is 10.3. The lowest BCUT2D eigenvalue weighted by Crippen LogP contribution is -2.24. The highest BCUT2D eigenvalue weighted by Crippen LogP contribution is 2.36. The van der Waals surface area contributed by atoms with Crippen molar-refractivity contribution in [2.24, 2.45) is 5.10 Å². The molecule has 0 saturated heterocycles. The van der Waals surface area contributed by atoms with Crippen LogP contribution in [-0.2, 0) is 17.6 Å². The van der Waals surface area contributed by atoms with Gasteiger partial charge in [0.2, 0.25) is 0 Å². The molecule has 10 heteroatoms. The maximum absolute atomic E-state index is 13.7. The smallest absolute Gasteiger partial charge is 0.267 e. The third kappa shape index (κ3) is 4.91. The third-order valence-electron chi connectivity index (χ3n) is 5.72. The van der Waals surface area contributed by atoms with Crippen LogP contribution in [0.25, 0.3) is 15.9 Å². The Morgan fingerprint density at radius 1 is 1.29 bits per heavy atom. The largest absolute Gasteiger partial charge is 0.494 e. The minimum atomic E-state index is -0.262. The molecule has 7 nitrogen and oxygen atoms in total. The molecule has 1 amide bonds. The first-order valence-corrected chi connectivity index (χ1v) is 14.0. The van der Waals surface area contributed by atoms with Crippen molar-refractivity contribution >= 4 is 56.8 Å². The second-order valence-corrected chi connectivity index (χ2v) is 11.0. The molecule has 1 N–H and O–H groups in total. The van der Waals surface area contributed by atoms with Crippen LogP contribution in [0.4, 0.5) is 0 Å². The number of hydrogen-bond donors (Lipinski definition) is 1. The van der Waals surface area contributed by atoms with E-state index in [4.69, 9.17) is 9.72 Å². The van der Waals surface area contributed by atoms with Gasteiger partial charge in [-0.15, -0.1) is 22.7 Å². The lowest BCUT2D eigenvalue weighted by atomic mass is 10.2. The summed E-state index contributed by atoms with van der Waals surface area (Å²) in [6, 6.07) is 9.40. The quantitative estimate of drug-likeness (QED) is 0.153. The number of rotatable bonds is 8. The summed E-state index contributed by atoms with van der Waals surface area (Å²) in [6.45, 7) is 4.50. The molecular formula is C25H24N4O3S3. The normalized spacial score (nSPS) is 13.0. The summed E-state index contributed by atoms with van der Waals surface area (Å²) in [5.74, 6) is 0.560. The van der Waals surface area contributed by atoms with Gasteiger partial charge in [0.25, 0.3) is 11.5 Å². The molecule has 3 aromatic heterocycles. The van der Waals surface area contributed by atoms with Crippen molar-refractivity contribution in [2.75, 3.05) is 12.4 Å². The minimum absolute atomic E-state index is 0.0842. The van der Waals surface area contributed by atoms with Gasteiger partial charge < -0.3 is 4.74 Å². The summed E-state index contributed by atoms with van der Waals surface area (Å²) in [5.41, 5.74) is 5.42. The Labute approximate surface area is 214 Å². The fraction of sp³-hybridized carbons (Fsp3) is 0.280. The summed E-state index contributed by atoms with van der Waals surface area (Å²) in [6.07, 6.45) is 4.62. The first-order valence-electron chi connectivity index (χ1n) is 11.3. The van der Waals surface area contributed by atoms with E-state index in [2.05, 4.69) is 10.5 Å². The van der Waals surface area contributed by atoms with E-state index in [0.29, 0.717) is 22.8 Å². The van der Waals surface area contributed by atoms with E-state index in [-0.39, 0.29) is 17.2 Å². The molecule has 35 heavy (non-hydrogen) atoms. The van der Waals surface area contributed by atoms with Crippen LogP contribution in [0.5, 0.6) is 5.75 Å². The van der Waals surface area contributed by atoms with E-state index in [1.807, 2.05) is 49.6 Å². The van der Waals surface area contributed by atoms with Gasteiger partial charge in [-0.3, -0.25) is 14.2 Å². The van der Waals surface area contributed by atoms with Gasteiger partial charge in [0.05, 0.1) is 29.6 Å². The van der Waals surface area contributed by atoms with E-state index in [1.165, 1.54) is 16.6 Å². The predicted octanol–water partition coefficient (Wildman–Crippen LogP) is 4.95. The fourth-order valence-electron chi connectivity index (χ4n) is 4.05. The molecule has 0 spiro atoms. The van der Waals surface area contributed by atoms with Gasteiger partial charge in [0.1, 0.15) is 10.6 Å². The van der Waals surface area contributed by atoms with E-state index in [9.17, 15) is 9.59 Å². The Morgan fingerprint density at radius 2 is 2.11 bits per heavy atom. The van der Waals surface area contributed by atoms with Crippen LogP contribution in [-0.4, -0.2) is 34.0 Å². The molecule has 0 atom stereocenters. The van der Waals surface area contributed by atoms with Gasteiger partial charge in [0.15, 0.2) is 5.16 Å². The van der Waals surface area contributed by atoms with Crippen LogP contribution in [0.2, 0.25) is 0 Å². The monoisotopic (exact) mass is 524 g/mol. The molecule has 3 heterocycles. The molecule has 0 bridgehead atoms. The average Bonchev–Trinajstić information content (AvgIpc) is 3.55.